The molecule has 4 rings (SSSR count). The third-order valence-corrected chi connectivity index (χ3v) is 4.65. The predicted octanol–water partition coefficient (Wildman–Crippen LogP) is 4.00. The van der Waals surface area contributed by atoms with E-state index in [4.69, 9.17) is 13.9 Å². The van der Waals surface area contributed by atoms with E-state index in [0.29, 0.717) is 25.5 Å². The first-order valence-corrected chi connectivity index (χ1v) is 9.43. The zero-order valence-corrected chi connectivity index (χ0v) is 15.5. The summed E-state index contributed by atoms with van der Waals surface area (Å²) in [7, 11) is 0. The molecule has 28 heavy (non-hydrogen) atoms. The van der Waals surface area contributed by atoms with Gasteiger partial charge in [0, 0.05) is 12.2 Å². The number of amides is 1. The molecule has 3 aromatic rings. The summed E-state index contributed by atoms with van der Waals surface area (Å²) in [5, 5.41) is 2.84. The largest absolute Gasteiger partial charge is 0.491 e. The highest BCUT2D eigenvalue weighted by atomic mass is 16.5. The third kappa shape index (κ3) is 4.07. The Bertz CT molecular complexity index is 917. The first kappa shape index (κ1) is 18.3. The number of rotatable bonds is 7. The number of carbonyl (C=O) groups excluding carboxylic acids is 1. The summed E-state index contributed by atoms with van der Waals surface area (Å²) in [5.74, 6) is 1.01. The molecule has 6 heteroatoms. The molecule has 1 aliphatic heterocycles. The number of carbonyl (C=O) groups is 1. The van der Waals surface area contributed by atoms with E-state index in [-0.39, 0.29) is 17.7 Å². The van der Waals surface area contributed by atoms with Crippen LogP contribution in [0.15, 0.2) is 65.4 Å². The third-order valence-electron chi connectivity index (χ3n) is 4.65. The van der Waals surface area contributed by atoms with Crippen molar-refractivity contribution in [2.75, 3.05) is 19.8 Å². The van der Waals surface area contributed by atoms with Gasteiger partial charge < -0.3 is 19.2 Å². The lowest BCUT2D eigenvalue weighted by molar-refractivity contribution is 0.0858. The zero-order chi connectivity index (χ0) is 19.2. The molecule has 1 amide bonds. The van der Waals surface area contributed by atoms with Crippen molar-refractivity contribution in [3.8, 4) is 16.9 Å². The van der Waals surface area contributed by atoms with E-state index < -0.39 is 0 Å². The van der Waals surface area contributed by atoms with Gasteiger partial charge in [0.05, 0.1) is 6.54 Å². The number of ether oxygens (including phenoxy) is 2. The molecular weight excluding hydrogens is 356 g/mol. The lowest BCUT2D eigenvalue weighted by Gasteiger charge is -2.12. The standard InChI is InChI=1S/C22H22N2O4/c25-22(20-21(28-15-24-20)19-11-6-13-26-19)23-12-14-27-18-10-5-4-9-17(18)16-7-2-1-3-8-16/h1-5,7-10,15,19H,6,11-14H2,(H,23,25). The van der Waals surface area contributed by atoms with Crippen LogP contribution in [0.2, 0.25) is 0 Å². The van der Waals surface area contributed by atoms with Gasteiger partial charge in [0.15, 0.2) is 17.8 Å². The summed E-state index contributed by atoms with van der Waals surface area (Å²) < 4.78 is 16.9. The van der Waals surface area contributed by atoms with Crippen molar-refractivity contribution >= 4 is 5.91 Å². The van der Waals surface area contributed by atoms with Gasteiger partial charge in [-0.2, -0.15) is 0 Å². The van der Waals surface area contributed by atoms with E-state index in [2.05, 4.69) is 10.3 Å². The molecule has 1 aromatic heterocycles. The van der Waals surface area contributed by atoms with Gasteiger partial charge >= 0.3 is 0 Å². The van der Waals surface area contributed by atoms with Gasteiger partial charge in [0.2, 0.25) is 0 Å². The van der Waals surface area contributed by atoms with Crippen molar-refractivity contribution in [2.24, 2.45) is 0 Å². The van der Waals surface area contributed by atoms with Crippen LogP contribution in [0.1, 0.15) is 35.2 Å². The molecular formula is C22H22N2O4. The molecule has 1 atom stereocenters. The van der Waals surface area contributed by atoms with E-state index >= 15 is 0 Å². The topological polar surface area (TPSA) is 73.6 Å². The van der Waals surface area contributed by atoms with Crippen LogP contribution in [0, 0.1) is 0 Å². The molecule has 1 unspecified atom stereocenters. The predicted molar refractivity (Wildman–Crippen MR) is 104 cm³/mol. The molecule has 2 aromatic carbocycles. The Labute approximate surface area is 163 Å². The lowest BCUT2D eigenvalue weighted by Crippen LogP contribution is -2.29. The fourth-order valence-corrected chi connectivity index (χ4v) is 3.30. The Balaban J connectivity index is 1.33. The number of para-hydroxylation sites is 1. The number of aromatic nitrogens is 1. The zero-order valence-electron chi connectivity index (χ0n) is 15.5. The minimum absolute atomic E-state index is 0.183. The fraction of sp³-hybridized carbons (Fsp3) is 0.273. The van der Waals surface area contributed by atoms with Crippen LogP contribution < -0.4 is 10.1 Å². The molecule has 1 saturated heterocycles. The van der Waals surface area contributed by atoms with E-state index in [1.165, 1.54) is 6.39 Å². The average molecular weight is 378 g/mol. The first-order valence-electron chi connectivity index (χ1n) is 9.43. The Morgan fingerprint density at radius 3 is 2.79 bits per heavy atom. The Morgan fingerprint density at radius 1 is 1.14 bits per heavy atom. The Hall–Kier alpha value is -3.12. The van der Waals surface area contributed by atoms with E-state index in [0.717, 1.165) is 29.7 Å². The summed E-state index contributed by atoms with van der Waals surface area (Å²) in [6.07, 6.45) is 2.91. The van der Waals surface area contributed by atoms with Gasteiger partial charge in [-0.15, -0.1) is 0 Å². The number of oxazole rings is 1. The Morgan fingerprint density at radius 2 is 1.96 bits per heavy atom. The van der Waals surface area contributed by atoms with Gasteiger partial charge in [-0.1, -0.05) is 48.5 Å². The second kappa shape index (κ2) is 8.71. The van der Waals surface area contributed by atoms with Crippen LogP contribution in [-0.4, -0.2) is 30.6 Å². The molecule has 0 spiro atoms. The van der Waals surface area contributed by atoms with E-state index in [1.807, 2.05) is 54.6 Å². The summed E-state index contributed by atoms with van der Waals surface area (Å²) >= 11 is 0. The number of benzene rings is 2. The minimum Gasteiger partial charge on any atom is -0.491 e. The van der Waals surface area contributed by atoms with Gasteiger partial charge in [-0.25, -0.2) is 4.98 Å². The summed E-state index contributed by atoms with van der Waals surface area (Å²) in [6, 6.07) is 17.9. The number of nitrogens with zero attached hydrogens (tertiary/aromatic N) is 1. The summed E-state index contributed by atoms with van der Waals surface area (Å²) in [4.78, 5) is 16.5. The van der Waals surface area contributed by atoms with E-state index in [1.54, 1.807) is 0 Å². The van der Waals surface area contributed by atoms with Crippen LogP contribution in [-0.2, 0) is 4.74 Å². The maximum atomic E-state index is 12.4. The van der Waals surface area contributed by atoms with Crippen molar-refractivity contribution in [3.63, 3.8) is 0 Å². The highest BCUT2D eigenvalue weighted by Crippen LogP contribution is 2.31. The maximum Gasteiger partial charge on any atom is 0.273 e. The quantitative estimate of drug-likeness (QED) is 0.629. The van der Waals surface area contributed by atoms with Crippen molar-refractivity contribution < 1.29 is 18.7 Å². The Kier molecular flexibility index (Phi) is 5.68. The molecule has 1 aliphatic rings. The molecule has 2 heterocycles. The number of hydrogen-bond acceptors (Lipinski definition) is 5. The van der Waals surface area contributed by atoms with Crippen LogP contribution in [0.4, 0.5) is 0 Å². The molecule has 0 bridgehead atoms. The highest BCUT2D eigenvalue weighted by Gasteiger charge is 2.27. The molecule has 1 N–H and O–H groups in total. The van der Waals surface area contributed by atoms with E-state index in [9.17, 15) is 4.79 Å². The van der Waals surface area contributed by atoms with Gasteiger partial charge in [0.1, 0.15) is 18.5 Å². The SMILES string of the molecule is O=C(NCCOc1ccccc1-c1ccccc1)c1ncoc1C1CCCO1. The molecule has 6 nitrogen and oxygen atoms in total. The molecule has 0 radical (unpaired) electrons. The second-order valence-corrected chi connectivity index (χ2v) is 6.53. The average Bonchev–Trinajstić information content (AvgIpc) is 3.43. The van der Waals surface area contributed by atoms with Crippen LogP contribution in [0.25, 0.3) is 11.1 Å². The lowest BCUT2D eigenvalue weighted by atomic mass is 10.1. The van der Waals surface area contributed by atoms with Gasteiger partial charge in [-0.3, -0.25) is 4.79 Å². The minimum atomic E-state index is -0.279. The van der Waals surface area contributed by atoms with Crippen molar-refractivity contribution in [1.82, 2.24) is 10.3 Å². The first-order chi connectivity index (χ1) is 13.8. The van der Waals surface area contributed by atoms with Crippen LogP contribution in [0.3, 0.4) is 0 Å². The molecule has 0 saturated carbocycles. The molecule has 1 fully saturated rings. The van der Waals surface area contributed by atoms with Crippen LogP contribution >= 0.6 is 0 Å². The fourth-order valence-electron chi connectivity index (χ4n) is 3.30. The smallest absolute Gasteiger partial charge is 0.273 e. The number of nitrogens with one attached hydrogen (secondary N) is 1. The highest BCUT2D eigenvalue weighted by molar-refractivity contribution is 5.93. The normalized spacial score (nSPS) is 16.1. The summed E-state index contributed by atoms with van der Waals surface area (Å²) in [6.45, 7) is 1.39. The number of hydrogen-bond donors (Lipinski definition) is 1. The van der Waals surface area contributed by atoms with Gasteiger partial charge in [-0.05, 0) is 24.5 Å². The monoisotopic (exact) mass is 378 g/mol. The maximum absolute atomic E-state index is 12.4. The van der Waals surface area contributed by atoms with Gasteiger partial charge in [0.25, 0.3) is 5.91 Å². The van der Waals surface area contributed by atoms with Crippen molar-refractivity contribution in [1.29, 1.82) is 0 Å². The van der Waals surface area contributed by atoms with Crippen LogP contribution in [0.5, 0.6) is 5.75 Å². The summed E-state index contributed by atoms with van der Waals surface area (Å²) in [5.41, 5.74) is 2.40. The molecule has 144 valence electrons. The van der Waals surface area contributed by atoms with Crippen molar-refractivity contribution in [3.05, 3.63) is 72.4 Å². The molecule has 0 aliphatic carbocycles. The van der Waals surface area contributed by atoms with Crippen molar-refractivity contribution in [2.45, 2.75) is 18.9 Å². The second-order valence-electron chi connectivity index (χ2n) is 6.53.